The lowest BCUT2D eigenvalue weighted by Gasteiger charge is -1.80. The van der Waals surface area contributed by atoms with Crippen LogP contribution in [0.4, 0.5) is 0 Å². The highest BCUT2D eigenvalue weighted by atomic mass is 16.1. The Kier molecular flexibility index (Phi) is 1.11. The zero-order valence-corrected chi connectivity index (χ0v) is 4.00. The molecule has 0 aromatic carbocycles. The molecule has 1 saturated heterocycles. The van der Waals surface area contributed by atoms with E-state index in [0.717, 1.165) is 19.4 Å². The van der Waals surface area contributed by atoms with Gasteiger partial charge in [-0.3, -0.25) is 4.79 Å². The molecule has 0 radical (unpaired) electrons. The smallest absolute Gasteiger partial charge is 0.144 e. The van der Waals surface area contributed by atoms with Crippen molar-refractivity contribution >= 4 is 6.29 Å². The van der Waals surface area contributed by atoms with E-state index in [1.807, 2.05) is 0 Å². The van der Waals surface area contributed by atoms with Crippen molar-refractivity contribution in [1.82, 2.24) is 4.90 Å². The zero-order valence-electron chi connectivity index (χ0n) is 4.00. The molecule has 1 aliphatic heterocycles. The summed E-state index contributed by atoms with van der Waals surface area (Å²) in [4.78, 5) is 11.7. The largest absolute Gasteiger partial charge is 0.374 e. The van der Waals surface area contributed by atoms with E-state index in [9.17, 15) is 4.79 Å². The summed E-state index contributed by atoms with van der Waals surface area (Å²) in [6.07, 6.45) is 4.10. The van der Waals surface area contributed by atoms with Crippen molar-refractivity contribution in [3.8, 4) is 0 Å². The molecule has 0 aliphatic carbocycles. The van der Waals surface area contributed by atoms with Gasteiger partial charge in [0.25, 0.3) is 0 Å². The quantitative estimate of drug-likeness (QED) is 0.275. The highest BCUT2D eigenvalue weighted by Crippen LogP contribution is 2.01. The highest BCUT2D eigenvalue weighted by molar-refractivity contribution is 5.64. The number of hydrogen-bond acceptors (Lipinski definition) is 2. The van der Waals surface area contributed by atoms with Crippen molar-refractivity contribution in [2.45, 2.75) is 0 Å². The van der Waals surface area contributed by atoms with Crippen LogP contribution in [-0.4, -0.2) is 24.3 Å². The topological polar surface area (TPSA) is 20.1 Å². The molecular weight excluding hydrogens is 90.1 g/mol. The molecule has 1 fully saturated rings. The normalized spacial score (nSPS) is 18.0. The summed E-state index contributed by atoms with van der Waals surface area (Å²) in [6.45, 7) is 2.23. The first-order chi connectivity index (χ1) is 3.43. The molecule has 7 heavy (non-hydrogen) atoms. The third-order valence-corrected chi connectivity index (χ3v) is 0.857. The summed E-state index contributed by atoms with van der Waals surface area (Å²) in [5.74, 6) is 0. The number of aldehydes is 1. The maximum Gasteiger partial charge on any atom is 0.144 e. The molecule has 1 aliphatic rings. The predicted octanol–water partition coefficient (Wildman–Crippen LogP) is 0.0146. The molecule has 2 heteroatoms. The Morgan fingerprint density at radius 1 is 1.43 bits per heavy atom. The van der Waals surface area contributed by atoms with Gasteiger partial charge < -0.3 is 4.90 Å². The van der Waals surface area contributed by atoms with Gasteiger partial charge in [0.1, 0.15) is 6.29 Å². The van der Waals surface area contributed by atoms with Gasteiger partial charge in [-0.15, -0.1) is 0 Å². The van der Waals surface area contributed by atoms with Crippen LogP contribution >= 0.6 is 0 Å². The van der Waals surface area contributed by atoms with Crippen molar-refractivity contribution < 1.29 is 4.79 Å². The molecule has 0 aromatic heterocycles. The number of rotatable bonds is 2. The first kappa shape index (κ1) is 4.37. The van der Waals surface area contributed by atoms with Crippen LogP contribution in [0.3, 0.4) is 0 Å². The summed E-state index contributed by atoms with van der Waals surface area (Å²) >= 11 is 0. The molecule has 2 nitrogen and oxygen atoms in total. The van der Waals surface area contributed by atoms with Crippen LogP contribution in [0.1, 0.15) is 0 Å². The van der Waals surface area contributed by atoms with Gasteiger partial charge in [0.15, 0.2) is 0 Å². The van der Waals surface area contributed by atoms with Crippen LogP contribution < -0.4 is 0 Å². The minimum atomic E-state index is 0.790. The fourth-order valence-corrected chi connectivity index (χ4v) is 0.364. The fourth-order valence-electron chi connectivity index (χ4n) is 0.364. The lowest BCUT2D eigenvalue weighted by molar-refractivity contribution is -0.104. The Hall–Kier alpha value is -0.790. The van der Waals surface area contributed by atoms with Gasteiger partial charge in [-0.1, -0.05) is 0 Å². The molecule has 0 unspecified atom stereocenters. The van der Waals surface area contributed by atoms with Crippen LogP contribution in [0.2, 0.25) is 0 Å². The van der Waals surface area contributed by atoms with Crippen molar-refractivity contribution in [2.75, 3.05) is 13.1 Å². The number of allylic oxidation sites excluding steroid dienone is 1. The Morgan fingerprint density at radius 3 is 2.57 bits per heavy atom. The second-order valence-electron chi connectivity index (χ2n) is 1.51. The minimum Gasteiger partial charge on any atom is -0.374 e. The number of carbonyl (C=O) groups is 1. The molecule has 1 heterocycles. The van der Waals surface area contributed by atoms with E-state index in [-0.39, 0.29) is 0 Å². The average Bonchev–Trinajstić information content (AvgIpc) is 2.42. The predicted molar refractivity (Wildman–Crippen MR) is 26.8 cm³/mol. The van der Waals surface area contributed by atoms with Gasteiger partial charge in [-0.25, -0.2) is 0 Å². The van der Waals surface area contributed by atoms with Crippen molar-refractivity contribution in [3.63, 3.8) is 0 Å². The van der Waals surface area contributed by atoms with Gasteiger partial charge in [-0.05, 0) is 6.08 Å². The lowest BCUT2D eigenvalue weighted by atomic mass is 10.7. The number of nitrogens with zero attached hydrogens (tertiary/aromatic N) is 1. The van der Waals surface area contributed by atoms with E-state index >= 15 is 0 Å². The Labute approximate surface area is 42.4 Å². The lowest BCUT2D eigenvalue weighted by Crippen LogP contribution is -1.77. The summed E-state index contributed by atoms with van der Waals surface area (Å²) in [6, 6.07) is 0. The van der Waals surface area contributed by atoms with Gasteiger partial charge in [-0.2, -0.15) is 0 Å². The van der Waals surface area contributed by atoms with E-state index in [1.165, 1.54) is 6.08 Å². The second-order valence-corrected chi connectivity index (χ2v) is 1.51. The third kappa shape index (κ3) is 1.39. The molecular formula is C5H7NO. The Balaban J connectivity index is 2.17. The average molecular weight is 97.1 g/mol. The van der Waals surface area contributed by atoms with Gasteiger partial charge >= 0.3 is 0 Å². The molecule has 0 atom stereocenters. The molecule has 0 aromatic rings. The fraction of sp³-hybridized carbons (Fsp3) is 0.400. The molecule has 0 saturated carbocycles. The third-order valence-electron chi connectivity index (χ3n) is 0.857. The second kappa shape index (κ2) is 1.78. The van der Waals surface area contributed by atoms with Crippen LogP contribution in [0.5, 0.6) is 0 Å². The van der Waals surface area contributed by atoms with E-state index in [0.29, 0.717) is 0 Å². The number of hydrogen-bond donors (Lipinski definition) is 0. The van der Waals surface area contributed by atoms with Gasteiger partial charge in [0.05, 0.1) is 0 Å². The SMILES string of the molecule is O=C/C=C\N1CC1. The summed E-state index contributed by atoms with van der Waals surface area (Å²) in [5.41, 5.74) is 0. The van der Waals surface area contributed by atoms with Crippen LogP contribution in [0.25, 0.3) is 0 Å². The van der Waals surface area contributed by atoms with Crippen molar-refractivity contribution in [3.05, 3.63) is 12.3 Å². The van der Waals surface area contributed by atoms with E-state index in [1.54, 1.807) is 6.20 Å². The Bertz CT molecular complexity index is 94.3. The van der Waals surface area contributed by atoms with Gasteiger partial charge in [0, 0.05) is 19.3 Å². The van der Waals surface area contributed by atoms with Crippen LogP contribution in [-0.2, 0) is 4.79 Å². The first-order valence-electron chi connectivity index (χ1n) is 2.29. The molecule has 0 amide bonds. The van der Waals surface area contributed by atoms with Gasteiger partial charge in [0.2, 0.25) is 0 Å². The molecule has 0 spiro atoms. The summed E-state index contributed by atoms with van der Waals surface area (Å²) in [5, 5.41) is 0. The monoisotopic (exact) mass is 97.1 g/mol. The molecule has 1 rings (SSSR count). The molecule has 0 bridgehead atoms. The molecule has 38 valence electrons. The number of carbonyl (C=O) groups excluding carboxylic acids is 1. The standard InChI is InChI=1S/C5H7NO/c7-5-1-2-6-3-4-6/h1-2,5H,3-4H2/b2-1-. The minimum absolute atomic E-state index is 0.790. The summed E-state index contributed by atoms with van der Waals surface area (Å²) in [7, 11) is 0. The first-order valence-corrected chi connectivity index (χ1v) is 2.29. The maximum absolute atomic E-state index is 9.62. The Morgan fingerprint density at radius 2 is 2.14 bits per heavy atom. The maximum atomic E-state index is 9.62. The van der Waals surface area contributed by atoms with E-state index in [2.05, 4.69) is 4.90 Å². The van der Waals surface area contributed by atoms with Crippen LogP contribution in [0.15, 0.2) is 12.3 Å². The molecule has 0 N–H and O–H groups in total. The highest BCUT2D eigenvalue weighted by Gasteiger charge is 2.09. The van der Waals surface area contributed by atoms with Crippen LogP contribution in [0, 0.1) is 0 Å². The van der Waals surface area contributed by atoms with E-state index in [4.69, 9.17) is 0 Å². The zero-order chi connectivity index (χ0) is 5.11. The van der Waals surface area contributed by atoms with Crippen molar-refractivity contribution in [2.24, 2.45) is 0 Å². The van der Waals surface area contributed by atoms with Crippen molar-refractivity contribution in [1.29, 1.82) is 0 Å². The summed E-state index contributed by atoms with van der Waals surface area (Å²) < 4.78 is 0. The van der Waals surface area contributed by atoms with E-state index < -0.39 is 0 Å².